The van der Waals surface area contributed by atoms with Gasteiger partial charge in [0.05, 0.1) is 11.9 Å². The molecular weight excluding hydrogens is 258 g/mol. The molecule has 0 atom stereocenters. The van der Waals surface area contributed by atoms with Crippen molar-refractivity contribution in [2.24, 2.45) is 0 Å². The van der Waals surface area contributed by atoms with Crippen LogP contribution in [0.2, 0.25) is 0 Å². The van der Waals surface area contributed by atoms with Crippen molar-refractivity contribution in [3.05, 3.63) is 53.9 Å². The SMILES string of the molecule is Cc1cccc(N(C)c2cnccc2CNC(C)(C)C)c1. The first-order valence-electron chi connectivity index (χ1n) is 7.35. The highest BCUT2D eigenvalue weighted by Gasteiger charge is 2.13. The molecule has 1 aromatic heterocycles. The molecule has 2 aromatic rings. The number of hydrogen-bond acceptors (Lipinski definition) is 3. The van der Waals surface area contributed by atoms with Gasteiger partial charge in [-0.25, -0.2) is 0 Å². The Hall–Kier alpha value is -1.87. The van der Waals surface area contributed by atoms with Gasteiger partial charge in [0.25, 0.3) is 0 Å². The quantitative estimate of drug-likeness (QED) is 0.917. The summed E-state index contributed by atoms with van der Waals surface area (Å²) >= 11 is 0. The fourth-order valence-electron chi connectivity index (χ4n) is 2.20. The van der Waals surface area contributed by atoms with Crippen LogP contribution >= 0.6 is 0 Å². The number of hydrogen-bond donors (Lipinski definition) is 1. The van der Waals surface area contributed by atoms with Crippen molar-refractivity contribution in [3.8, 4) is 0 Å². The summed E-state index contributed by atoms with van der Waals surface area (Å²) in [7, 11) is 2.09. The predicted molar refractivity (Wildman–Crippen MR) is 90.1 cm³/mol. The summed E-state index contributed by atoms with van der Waals surface area (Å²) in [5.41, 5.74) is 4.93. The number of nitrogens with one attached hydrogen (secondary N) is 1. The van der Waals surface area contributed by atoms with Gasteiger partial charge in [0.1, 0.15) is 0 Å². The van der Waals surface area contributed by atoms with E-state index in [1.54, 1.807) is 0 Å². The number of aryl methyl sites for hydroxylation is 1. The van der Waals surface area contributed by atoms with Crippen molar-refractivity contribution >= 4 is 11.4 Å². The predicted octanol–water partition coefficient (Wildman–Crippen LogP) is 4.05. The molecule has 0 aliphatic carbocycles. The fourth-order valence-corrected chi connectivity index (χ4v) is 2.20. The molecule has 0 aliphatic rings. The van der Waals surface area contributed by atoms with E-state index in [-0.39, 0.29) is 5.54 Å². The zero-order valence-corrected chi connectivity index (χ0v) is 13.6. The Morgan fingerprint density at radius 1 is 1.19 bits per heavy atom. The second-order valence-corrected chi connectivity index (χ2v) is 6.51. The largest absolute Gasteiger partial charge is 0.343 e. The van der Waals surface area contributed by atoms with E-state index < -0.39 is 0 Å². The van der Waals surface area contributed by atoms with Crippen molar-refractivity contribution in [2.45, 2.75) is 39.8 Å². The van der Waals surface area contributed by atoms with Crippen LogP contribution in [0, 0.1) is 6.92 Å². The van der Waals surface area contributed by atoms with Crippen molar-refractivity contribution < 1.29 is 0 Å². The summed E-state index contributed by atoms with van der Waals surface area (Å²) in [6.45, 7) is 9.48. The van der Waals surface area contributed by atoms with E-state index in [2.05, 4.69) is 80.3 Å². The van der Waals surface area contributed by atoms with Crippen LogP contribution in [-0.4, -0.2) is 17.6 Å². The van der Waals surface area contributed by atoms with Crippen LogP contribution in [0.25, 0.3) is 0 Å². The van der Waals surface area contributed by atoms with E-state index in [0.29, 0.717) is 0 Å². The molecular formula is C18H25N3. The lowest BCUT2D eigenvalue weighted by atomic mass is 10.1. The number of aromatic nitrogens is 1. The second-order valence-electron chi connectivity index (χ2n) is 6.51. The molecule has 3 heteroatoms. The van der Waals surface area contributed by atoms with Crippen molar-refractivity contribution in [1.29, 1.82) is 0 Å². The number of nitrogens with zero attached hydrogens (tertiary/aromatic N) is 2. The van der Waals surface area contributed by atoms with E-state index in [9.17, 15) is 0 Å². The molecule has 21 heavy (non-hydrogen) atoms. The first-order valence-corrected chi connectivity index (χ1v) is 7.35. The average Bonchev–Trinajstić information content (AvgIpc) is 2.44. The van der Waals surface area contributed by atoms with Gasteiger partial charge in [-0.1, -0.05) is 12.1 Å². The summed E-state index contributed by atoms with van der Waals surface area (Å²) in [4.78, 5) is 6.48. The smallest absolute Gasteiger partial charge is 0.0640 e. The number of rotatable bonds is 4. The van der Waals surface area contributed by atoms with Gasteiger partial charge in [0.2, 0.25) is 0 Å². The lowest BCUT2D eigenvalue weighted by Gasteiger charge is -2.25. The molecule has 0 aliphatic heterocycles. The van der Waals surface area contributed by atoms with Gasteiger partial charge in [-0.2, -0.15) is 0 Å². The highest BCUT2D eigenvalue weighted by Crippen LogP contribution is 2.27. The molecule has 1 N–H and O–H groups in total. The topological polar surface area (TPSA) is 28.2 Å². The van der Waals surface area contributed by atoms with Crippen LogP contribution in [0.5, 0.6) is 0 Å². The Labute approximate surface area is 128 Å². The molecule has 3 nitrogen and oxygen atoms in total. The Kier molecular flexibility index (Phi) is 4.63. The van der Waals surface area contributed by atoms with Crippen molar-refractivity contribution in [2.75, 3.05) is 11.9 Å². The molecule has 0 saturated carbocycles. The molecule has 1 heterocycles. The van der Waals surface area contributed by atoms with Gasteiger partial charge in [-0.15, -0.1) is 0 Å². The normalized spacial score (nSPS) is 11.5. The minimum Gasteiger partial charge on any atom is -0.343 e. The third-order valence-electron chi connectivity index (χ3n) is 3.45. The monoisotopic (exact) mass is 283 g/mol. The molecule has 0 amide bonds. The first kappa shape index (κ1) is 15.5. The van der Waals surface area contributed by atoms with E-state index in [4.69, 9.17) is 0 Å². The third kappa shape index (κ3) is 4.30. The molecule has 0 fully saturated rings. The summed E-state index contributed by atoms with van der Waals surface area (Å²) in [5.74, 6) is 0. The standard InChI is InChI=1S/C18H25N3/c1-14-7-6-8-16(11-14)21(5)17-13-19-10-9-15(17)12-20-18(2,3)4/h6-11,13,20H,12H2,1-5H3. The Balaban J connectivity index is 2.27. The maximum absolute atomic E-state index is 4.29. The Morgan fingerprint density at radius 3 is 2.62 bits per heavy atom. The van der Waals surface area contributed by atoms with E-state index >= 15 is 0 Å². The lowest BCUT2D eigenvalue weighted by molar-refractivity contribution is 0.424. The van der Waals surface area contributed by atoms with Crippen LogP contribution in [0.1, 0.15) is 31.9 Å². The average molecular weight is 283 g/mol. The van der Waals surface area contributed by atoms with Crippen LogP contribution in [-0.2, 0) is 6.54 Å². The van der Waals surface area contributed by atoms with Gasteiger partial charge in [-0.3, -0.25) is 4.98 Å². The fraction of sp³-hybridized carbons (Fsp3) is 0.389. The zero-order chi connectivity index (χ0) is 15.5. The van der Waals surface area contributed by atoms with Gasteiger partial charge in [-0.05, 0) is 57.0 Å². The molecule has 1 aromatic carbocycles. The van der Waals surface area contributed by atoms with Crippen LogP contribution in [0.15, 0.2) is 42.7 Å². The number of pyridine rings is 1. The highest BCUT2D eigenvalue weighted by molar-refractivity contribution is 5.65. The van der Waals surface area contributed by atoms with Crippen LogP contribution < -0.4 is 10.2 Å². The minimum absolute atomic E-state index is 0.0996. The third-order valence-corrected chi connectivity index (χ3v) is 3.45. The summed E-state index contributed by atoms with van der Waals surface area (Å²) < 4.78 is 0. The maximum atomic E-state index is 4.29. The van der Waals surface area contributed by atoms with Crippen LogP contribution in [0.3, 0.4) is 0 Å². The second kappa shape index (κ2) is 6.27. The van der Waals surface area contributed by atoms with E-state index in [0.717, 1.165) is 12.2 Å². The minimum atomic E-state index is 0.0996. The van der Waals surface area contributed by atoms with Crippen LogP contribution in [0.4, 0.5) is 11.4 Å². The molecule has 2 rings (SSSR count). The van der Waals surface area contributed by atoms with Crippen molar-refractivity contribution in [1.82, 2.24) is 10.3 Å². The summed E-state index contributed by atoms with van der Waals surface area (Å²) in [5, 5.41) is 3.54. The van der Waals surface area contributed by atoms with Gasteiger partial charge in [0, 0.05) is 31.0 Å². The van der Waals surface area contributed by atoms with Gasteiger partial charge in [0.15, 0.2) is 0 Å². The molecule has 0 saturated heterocycles. The molecule has 0 spiro atoms. The lowest BCUT2D eigenvalue weighted by Crippen LogP contribution is -2.35. The molecule has 0 radical (unpaired) electrons. The van der Waals surface area contributed by atoms with Gasteiger partial charge < -0.3 is 10.2 Å². The Bertz CT molecular complexity index is 599. The van der Waals surface area contributed by atoms with E-state index in [1.165, 1.54) is 16.8 Å². The van der Waals surface area contributed by atoms with Crippen molar-refractivity contribution in [3.63, 3.8) is 0 Å². The maximum Gasteiger partial charge on any atom is 0.0640 e. The van der Waals surface area contributed by atoms with Gasteiger partial charge >= 0.3 is 0 Å². The summed E-state index contributed by atoms with van der Waals surface area (Å²) in [6.07, 6.45) is 3.79. The number of anilines is 2. The first-order chi connectivity index (χ1) is 9.87. The Morgan fingerprint density at radius 2 is 1.95 bits per heavy atom. The highest BCUT2D eigenvalue weighted by atomic mass is 15.1. The van der Waals surface area contributed by atoms with E-state index in [1.807, 2.05) is 12.4 Å². The molecule has 0 unspecified atom stereocenters. The molecule has 0 bridgehead atoms. The number of benzene rings is 1. The summed E-state index contributed by atoms with van der Waals surface area (Å²) in [6, 6.07) is 10.6. The molecule has 112 valence electrons. The zero-order valence-electron chi connectivity index (χ0n) is 13.6.